The Morgan fingerprint density at radius 2 is 2.39 bits per heavy atom. The van der Waals surface area contributed by atoms with Gasteiger partial charge in [0.2, 0.25) is 0 Å². The molecule has 4 nitrogen and oxygen atoms in total. The van der Waals surface area contributed by atoms with E-state index < -0.39 is 5.97 Å². The van der Waals surface area contributed by atoms with Crippen LogP contribution in [0.2, 0.25) is 5.02 Å². The van der Waals surface area contributed by atoms with Gasteiger partial charge in [-0.25, -0.2) is 9.78 Å². The molecule has 0 aliphatic rings. The van der Waals surface area contributed by atoms with Gasteiger partial charge in [-0.05, 0) is 30.9 Å². The molecule has 2 N–H and O–H groups in total. The Hall–Kier alpha value is -0.940. The molecular formula is C12H17ClN2O2S. The van der Waals surface area contributed by atoms with Gasteiger partial charge in [-0.2, -0.15) is 11.8 Å². The van der Waals surface area contributed by atoms with Crippen molar-refractivity contribution < 1.29 is 9.90 Å². The number of hydrogen-bond donors (Lipinski definition) is 2. The number of nitrogens with one attached hydrogen (secondary N) is 1. The molecule has 0 aromatic carbocycles. The molecule has 1 unspecified atom stereocenters. The zero-order chi connectivity index (χ0) is 13.5. The van der Waals surface area contributed by atoms with Gasteiger partial charge in [0, 0.05) is 12.2 Å². The van der Waals surface area contributed by atoms with E-state index in [-0.39, 0.29) is 16.6 Å². The number of halogens is 1. The first-order chi connectivity index (χ1) is 8.54. The number of carboxylic acid groups (broad SMARTS) is 1. The van der Waals surface area contributed by atoms with Crippen LogP contribution in [0, 0.1) is 0 Å². The van der Waals surface area contributed by atoms with E-state index in [0.29, 0.717) is 5.82 Å². The topological polar surface area (TPSA) is 62.2 Å². The van der Waals surface area contributed by atoms with Crippen molar-refractivity contribution in [1.29, 1.82) is 0 Å². The molecule has 1 rings (SSSR count). The predicted octanol–water partition coefficient (Wildman–Crippen LogP) is 3.38. The minimum Gasteiger partial charge on any atom is -0.478 e. The summed E-state index contributed by atoms with van der Waals surface area (Å²) in [6, 6.07) is 1.72. The molecule has 6 heteroatoms. The summed E-state index contributed by atoms with van der Waals surface area (Å²) in [6.07, 6.45) is 2.37. The van der Waals surface area contributed by atoms with E-state index in [1.165, 1.54) is 12.3 Å². The van der Waals surface area contributed by atoms with E-state index in [9.17, 15) is 4.79 Å². The molecule has 0 saturated carbocycles. The first-order valence-corrected chi connectivity index (χ1v) is 7.31. The summed E-state index contributed by atoms with van der Waals surface area (Å²) in [6.45, 7) is 4.18. The number of anilines is 1. The maximum absolute atomic E-state index is 10.9. The van der Waals surface area contributed by atoms with Crippen molar-refractivity contribution in [3.63, 3.8) is 0 Å². The molecule has 0 aliphatic carbocycles. The van der Waals surface area contributed by atoms with Gasteiger partial charge in [-0.15, -0.1) is 0 Å². The van der Waals surface area contributed by atoms with Crippen LogP contribution in [0.4, 0.5) is 5.82 Å². The number of aromatic nitrogens is 1. The molecule has 0 aliphatic heterocycles. The third kappa shape index (κ3) is 4.74. The molecule has 0 bridgehead atoms. The molecule has 0 fully saturated rings. The van der Waals surface area contributed by atoms with Crippen LogP contribution >= 0.6 is 23.4 Å². The fraction of sp³-hybridized carbons (Fsp3) is 0.500. The monoisotopic (exact) mass is 288 g/mol. The van der Waals surface area contributed by atoms with Gasteiger partial charge < -0.3 is 10.4 Å². The third-order valence-electron chi connectivity index (χ3n) is 2.38. The minimum absolute atomic E-state index is 0.0734. The Kier molecular flexibility index (Phi) is 6.29. The van der Waals surface area contributed by atoms with Crippen LogP contribution in [0.5, 0.6) is 0 Å². The van der Waals surface area contributed by atoms with E-state index in [0.717, 1.165) is 17.9 Å². The highest BCUT2D eigenvalue weighted by Gasteiger charge is 2.11. The molecule has 0 saturated heterocycles. The zero-order valence-corrected chi connectivity index (χ0v) is 12.0. The van der Waals surface area contributed by atoms with Crippen molar-refractivity contribution in [2.45, 2.75) is 26.3 Å². The van der Waals surface area contributed by atoms with Crippen molar-refractivity contribution in [3.8, 4) is 0 Å². The standard InChI is InChI=1S/C12H17ClN2O2S/c1-3-18-5-4-8(2)15-11-6-9(12(16)17)10(13)7-14-11/h6-8H,3-5H2,1-2H3,(H,14,15)(H,16,17). The second-order valence-corrected chi connectivity index (χ2v) is 5.69. The second-order valence-electron chi connectivity index (χ2n) is 3.89. The van der Waals surface area contributed by atoms with Crippen LogP contribution in [0.25, 0.3) is 0 Å². The molecule has 1 atom stereocenters. The molecule has 18 heavy (non-hydrogen) atoms. The zero-order valence-electron chi connectivity index (χ0n) is 10.4. The van der Waals surface area contributed by atoms with Crippen LogP contribution in [0.15, 0.2) is 12.3 Å². The summed E-state index contributed by atoms with van der Waals surface area (Å²) in [7, 11) is 0. The summed E-state index contributed by atoms with van der Waals surface area (Å²) < 4.78 is 0. The van der Waals surface area contributed by atoms with Gasteiger partial charge in [-0.3, -0.25) is 0 Å². The lowest BCUT2D eigenvalue weighted by Crippen LogP contribution is -2.17. The highest BCUT2D eigenvalue weighted by atomic mass is 35.5. The normalized spacial score (nSPS) is 12.2. The summed E-state index contributed by atoms with van der Waals surface area (Å²) in [5.74, 6) is 1.68. The van der Waals surface area contributed by atoms with Crippen LogP contribution < -0.4 is 5.32 Å². The average molecular weight is 289 g/mol. The van der Waals surface area contributed by atoms with E-state index in [1.807, 2.05) is 18.7 Å². The first kappa shape index (κ1) is 15.1. The van der Waals surface area contributed by atoms with Crippen molar-refractivity contribution in [1.82, 2.24) is 4.98 Å². The largest absolute Gasteiger partial charge is 0.478 e. The number of aromatic carboxylic acids is 1. The molecular weight excluding hydrogens is 272 g/mol. The number of thioether (sulfide) groups is 1. The molecule has 1 aromatic heterocycles. The highest BCUT2D eigenvalue weighted by molar-refractivity contribution is 7.99. The molecule has 1 heterocycles. The number of pyridine rings is 1. The van der Waals surface area contributed by atoms with Gasteiger partial charge in [0.05, 0.1) is 10.6 Å². The number of hydrogen-bond acceptors (Lipinski definition) is 4. The van der Waals surface area contributed by atoms with Gasteiger partial charge in [0.15, 0.2) is 0 Å². The average Bonchev–Trinajstić information content (AvgIpc) is 2.31. The second kappa shape index (κ2) is 7.48. The number of rotatable bonds is 7. The molecule has 100 valence electrons. The molecule has 0 amide bonds. The lowest BCUT2D eigenvalue weighted by Gasteiger charge is -2.14. The van der Waals surface area contributed by atoms with Crippen molar-refractivity contribution >= 4 is 35.1 Å². The summed E-state index contributed by atoms with van der Waals surface area (Å²) >= 11 is 7.64. The molecule has 0 radical (unpaired) electrons. The Bertz CT molecular complexity index is 415. The number of carboxylic acids is 1. The quantitative estimate of drug-likeness (QED) is 0.753. The molecule has 1 aromatic rings. The van der Waals surface area contributed by atoms with Gasteiger partial charge in [0.1, 0.15) is 5.82 Å². The lowest BCUT2D eigenvalue weighted by atomic mass is 10.2. The molecule has 0 spiro atoms. The highest BCUT2D eigenvalue weighted by Crippen LogP contribution is 2.19. The fourth-order valence-corrected chi connectivity index (χ4v) is 2.40. The van der Waals surface area contributed by atoms with E-state index in [2.05, 4.69) is 17.2 Å². The van der Waals surface area contributed by atoms with E-state index in [1.54, 1.807) is 0 Å². The SMILES string of the molecule is CCSCCC(C)Nc1cc(C(=O)O)c(Cl)cn1. The third-order valence-corrected chi connectivity index (χ3v) is 3.61. The lowest BCUT2D eigenvalue weighted by molar-refractivity contribution is 0.0697. The van der Waals surface area contributed by atoms with Crippen LogP contribution in [0.3, 0.4) is 0 Å². The maximum atomic E-state index is 10.9. The fourth-order valence-electron chi connectivity index (χ4n) is 1.41. The van der Waals surface area contributed by atoms with E-state index in [4.69, 9.17) is 16.7 Å². The van der Waals surface area contributed by atoms with Crippen molar-refractivity contribution in [2.24, 2.45) is 0 Å². The Morgan fingerprint density at radius 3 is 3.00 bits per heavy atom. The van der Waals surface area contributed by atoms with Crippen LogP contribution in [-0.4, -0.2) is 33.6 Å². The van der Waals surface area contributed by atoms with Crippen LogP contribution in [-0.2, 0) is 0 Å². The van der Waals surface area contributed by atoms with Gasteiger partial charge in [-0.1, -0.05) is 18.5 Å². The van der Waals surface area contributed by atoms with Crippen molar-refractivity contribution in [3.05, 3.63) is 22.8 Å². The Balaban J connectivity index is 2.62. The van der Waals surface area contributed by atoms with Gasteiger partial charge in [0.25, 0.3) is 0 Å². The predicted molar refractivity (Wildman–Crippen MR) is 76.9 cm³/mol. The first-order valence-electron chi connectivity index (χ1n) is 5.77. The minimum atomic E-state index is -1.04. The Labute approximate surface area is 116 Å². The summed E-state index contributed by atoms with van der Waals surface area (Å²) in [5, 5.41) is 12.3. The van der Waals surface area contributed by atoms with Crippen molar-refractivity contribution in [2.75, 3.05) is 16.8 Å². The number of nitrogens with zero attached hydrogens (tertiary/aromatic N) is 1. The maximum Gasteiger partial charge on any atom is 0.337 e. The summed E-state index contributed by atoms with van der Waals surface area (Å²) in [4.78, 5) is 15.0. The number of carbonyl (C=O) groups is 1. The van der Waals surface area contributed by atoms with E-state index >= 15 is 0 Å². The van der Waals surface area contributed by atoms with Crippen LogP contribution in [0.1, 0.15) is 30.6 Å². The summed E-state index contributed by atoms with van der Waals surface area (Å²) in [5.41, 5.74) is 0.0734. The van der Waals surface area contributed by atoms with Gasteiger partial charge >= 0.3 is 5.97 Å². The smallest absolute Gasteiger partial charge is 0.337 e. The Morgan fingerprint density at radius 1 is 1.67 bits per heavy atom.